The molecule has 0 radical (unpaired) electrons. The monoisotopic (exact) mass is 335 g/mol. The summed E-state index contributed by atoms with van der Waals surface area (Å²) in [5.41, 5.74) is 5.08. The van der Waals surface area contributed by atoms with E-state index in [1.807, 2.05) is 0 Å². The molecule has 0 atom stereocenters. The zero-order valence-electron chi connectivity index (χ0n) is 11.5. The molecule has 19 heavy (non-hydrogen) atoms. The van der Waals surface area contributed by atoms with Gasteiger partial charge in [0.25, 0.3) is 0 Å². The lowest BCUT2D eigenvalue weighted by atomic mass is 10.1. The Morgan fingerprint density at radius 1 is 1.05 bits per heavy atom. The van der Waals surface area contributed by atoms with Crippen LogP contribution < -0.4 is 5.32 Å². The third-order valence-electron chi connectivity index (χ3n) is 3.13. The summed E-state index contributed by atoms with van der Waals surface area (Å²) in [4.78, 5) is 1.31. The molecule has 0 amide bonds. The summed E-state index contributed by atoms with van der Waals surface area (Å²) in [7, 11) is 0. The second-order valence-electron chi connectivity index (χ2n) is 4.62. The average Bonchev–Trinajstić information content (AvgIpc) is 2.38. The molecule has 0 spiro atoms. The first-order valence-electron chi connectivity index (χ1n) is 6.23. The van der Waals surface area contributed by atoms with E-state index in [0.717, 1.165) is 11.0 Å². The minimum atomic E-state index is 0.859. The van der Waals surface area contributed by atoms with Crippen molar-refractivity contribution in [2.75, 3.05) is 11.6 Å². The molecule has 2 rings (SSSR count). The van der Waals surface area contributed by atoms with E-state index in [0.29, 0.717) is 0 Å². The highest BCUT2D eigenvalue weighted by Gasteiger charge is 2.04. The fraction of sp³-hybridized carbons (Fsp3) is 0.250. The van der Waals surface area contributed by atoms with E-state index < -0.39 is 0 Å². The topological polar surface area (TPSA) is 12.0 Å². The van der Waals surface area contributed by atoms with Crippen LogP contribution in [0.25, 0.3) is 0 Å². The van der Waals surface area contributed by atoms with Crippen molar-refractivity contribution < 1.29 is 0 Å². The number of hydrogen-bond donors (Lipinski definition) is 1. The van der Waals surface area contributed by atoms with Crippen molar-refractivity contribution in [2.45, 2.75) is 25.3 Å². The maximum Gasteiger partial charge on any atom is 0.0403 e. The van der Waals surface area contributed by atoms with Gasteiger partial charge in [-0.15, -0.1) is 11.8 Å². The molecule has 1 nitrogen and oxygen atoms in total. The molecule has 2 aromatic rings. The smallest absolute Gasteiger partial charge is 0.0403 e. The number of benzene rings is 2. The lowest BCUT2D eigenvalue weighted by molar-refractivity contribution is 1.12. The summed E-state index contributed by atoms with van der Waals surface area (Å²) in [5.74, 6) is 0. The van der Waals surface area contributed by atoms with Crippen LogP contribution in [0.1, 0.15) is 16.7 Å². The Hall–Kier alpha value is -0.930. The summed E-state index contributed by atoms with van der Waals surface area (Å²) >= 11 is 5.30. The number of thioether (sulfide) groups is 1. The number of halogens is 1. The molecule has 0 aliphatic rings. The molecule has 3 heteroatoms. The Morgan fingerprint density at radius 3 is 2.16 bits per heavy atom. The molecule has 0 heterocycles. The van der Waals surface area contributed by atoms with Gasteiger partial charge in [-0.25, -0.2) is 0 Å². The third-order valence-corrected chi connectivity index (χ3v) is 4.33. The van der Waals surface area contributed by atoms with Crippen molar-refractivity contribution in [2.24, 2.45) is 0 Å². The van der Waals surface area contributed by atoms with Crippen LogP contribution in [0.3, 0.4) is 0 Å². The van der Waals surface area contributed by atoms with Crippen LogP contribution in [-0.4, -0.2) is 6.26 Å². The maximum absolute atomic E-state index is 3.53. The first kappa shape index (κ1) is 14.5. The fourth-order valence-electron chi connectivity index (χ4n) is 2.12. The van der Waals surface area contributed by atoms with Crippen LogP contribution in [0.5, 0.6) is 0 Å². The highest BCUT2D eigenvalue weighted by molar-refractivity contribution is 9.10. The van der Waals surface area contributed by atoms with Gasteiger partial charge < -0.3 is 5.32 Å². The standard InChI is InChI=1S/C16H18BrNS/c1-11-8-14(17)9-12(2)16(11)18-10-13-4-6-15(19-3)7-5-13/h4-9,18H,10H2,1-3H3. The van der Waals surface area contributed by atoms with Crippen molar-refractivity contribution in [1.82, 2.24) is 0 Å². The second-order valence-corrected chi connectivity index (χ2v) is 6.41. The number of aryl methyl sites for hydroxylation is 2. The van der Waals surface area contributed by atoms with Gasteiger partial charge in [0.2, 0.25) is 0 Å². The van der Waals surface area contributed by atoms with Crippen molar-refractivity contribution in [3.8, 4) is 0 Å². The SMILES string of the molecule is CSc1ccc(CNc2c(C)cc(Br)cc2C)cc1. The first-order chi connectivity index (χ1) is 9.10. The summed E-state index contributed by atoms with van der Waals surface area (Å²) in [6, 6.07) is 13.0. The van der Waals surface area contributed by atoms with Crippen molar-refractivity contribution in [3.63, 3.8) is 0 Å². The summed E-state index contributed by atoms with van der Waals surface area (Å²) in [6.07, 6.45) is 2.10. The predicted molar refractivity (Wildman–Crippen MR) is 89.2 cm³/mol. The Balaban J connectivity index is 2.10. The van der Waals surface area contributed by atoms with Gasteiger partial charge in [0.1, 0.15) is 0 Å². The Labute approximate surface area is 127 Å². The number of nitrogens with one attached hydrogen (secondary N) is 1. The number of anilines is 1. The van der Waals surface area contributed by atoms with E-state index in [1.54, 1.807) is 11.8 Å². The van der Waals surface area contributed by atoms with Crippen LogP contribution in [-0.2, 0) is 6.54 Å². The number of hydrogen-bond acceptors (Lipinski definition) is 2. The van der Waals surface area contributed by atoms with E-state index >= 15 is 0 Å². The minimum Gasteiger partial charge on any atom is -0.381 e. The molecule has 0 fully saturated rings. The normalized spacial score (nSPS) is 10.5. The van der Waals surface area contributed by atoms with Crippen molar-refractivity contribution in [1.29, 1.82) is 0 Å². The third kappa shape index (κ3) is 3.77. The van der Waals surface area contributed by atoms with Crippen molar-refractivity contribution >= 4 is 33.4 Å². The van der Waals surface area contributed by atoms with Gasteiger partial charge in [0, 0.05) is 21.6 Å². The van der Waals surface area contributed by atoms with Crippen LogP contribution in [0.4, 0.5) is 5.69 Å². The molecule has 1 N–H and O–H groups in total. The lowest BCUT2D eigenvalue weighted by Crippen LogP contribution is -2.03. The highest BCUT2D eigenvalue weighted by Crippen LogP contribution is 2.25. The van der Waals surface area contributed by atoms with E-state index in [-0.39, 0.29) is 0 Å². The van der Waals surface area contributed by atoms with Crippen LogP contribution in [0, 0.1) is 13.8 Å². The van der Waals surface area contributed by atoms with Crippen LogP contribution in [0.15, 0.2) is 45.8 Å². The number of rotatable bonds is 4. The molecule has 0 aliphatic heterocycles. The van der Waals surface area contributed by atoms with Gasteiger partial charge in [-0.2, -0.15) is 0 Å². The quantitative estimate of drug-likeness (QED) is 0.750. The fourth-order valence-corrected chi connectivity index (χ4v) is 3.22. The van der Waals surface area contributed by atoms with Crippen LogP contribution in [0.2, 0.25) is 0 Å². The largest absolute Gasteiger partial charge is 0.381 e. The maximum atomic E-state index is 3.53. The summed E-state index contributed by atoms with van der Waals surface area (Å²) in [5, 5.41) is 3.53. The zero-order chi connectivity index (χ0) is 13.8. The molecule has 100 valence electrons. The minimum absolute atomic E-state index is 0.859. The Morgan fingerprint density at radius 2 is 1.63 bits per heavy atom. The summed E-state index contributed by atoms with van der Waals surface area (Å²) < 4.78 is 1.14. The molecule has 0 saturated heterocycles. The molecule has 0 unspecified atom stereocenters. The molecule has 0 bridgehead atoms. The van der Waals surface area contributed by atoms with Gasteiger partial charge in [-0.05, 0) is 61.1 Å². The van der Waals surface area contributed by atoms with Crippen LogP contribution >= 0.6 is 27.7 Å². The van der Waals surface area contributed by atoms with E-state index in [9.17, 15) is 0 Å². The molecular weight excluding hydrogens is 318 g/mol. The van der Waals surface area contributed by atoms with E-state index in [1.165, 1.54) is 27.3 Å². The van der Waals surface area contributed by atoms with E-state index in [2.05, 4.69) is 77.7 Å². The van der Waals surface area contributed by atoms with Gasteiger partial charge in [0.15, 0.2) is 0 Å². The van der Waals surface area contributed by atoms with Gasteiger partial charge in [-0.1, -0.05) is 28.1 Å². The second kappa shape index (κ2) is 6.49. The van der Waals surface area contributed by atoms with Gasteiger partial charge in [0.05, 0.1) is 0 Å². The lowest BCUT2D eigenvalue weighted by Gasteiger charge is -2.13. The highest BCUT2D eigenvalue weighted by atomic mass is 79.9. The van der Waals surface area contributed by atoms with Gasteiger partial charge >= 0.3 is 0 Å². The van der Waals surface area contributed by atoms with Crippen molar-refractivity contribution in [3.05, 3.63) is 57.6 Å². The molecule has 0 aromatic heterocycles. The van der Waals surface area contributed by atoms with E-state index in [4.69, 9.17) is 0 Å². The average molecular weight is 336 g/mol. The Bertz CT molecular complexity index is 540. The molecule has 2 aromatic carbocycles. The molecule has 0 saturated carbocycles. The molecule has 0 aliphatic carbocycles. The van der Waals surface area contributed by atoms with Gasteiger partial charge in [-0.3, -0.25) is 0 Å². The molecular formula is C16H18BrNS. The summed E-state index contributed by atoms with van der Waals surface area (Å²) in [6.45, 7) is 5.13. The zero-order valence-corrected chi connectivity index (χ0v) is 13.9. The Kier molecular flexibility index (Phi) is 4.94. The predicted octanol–water partition coefficient (Wildman–Crippen LogP) is 5.40. The first-order valence-corrected chi connectivity index (χ1v) is 8.25.